The zero-order valence-electron chi connectivity index (χ0n) is 40.0. The van der Waals surface area contributed by atoms with Gasteiger partial charge in [-0.05, 0) is 115 Å². The Hall–Kier alpha value is -9.64. The Bertz CT molecular complexity index is 4000. The lowest BCUT2D eigenvalue weighted by Crippen LogP contribution is -2.33. The fourth-order valence-electron chi connectivity index (χ4n) is 10.5. The average Bonchev–Trinajstić information content (AvgIpc) is 3.82. The highest BCUT2D eigenvalue weighted by molar-refractivity contribution is 6.14. The van der Waals surface area contributed by atoms with Crippen molar-refractivity contribution in [3.8, 4) is 72.4 Å². The van der Waals surface area contributed by atoms with Gasteiger partial charge >= 0.3 is 0 Å². The molecule has 0 saturated carbocycles. The maximum Gasteiger partial charge on any atom is 0.159 e. The van der Waals surface area contributed by atoms with Gasteiger partial charge in [-0.1, -0.05) is 231 Å². The fourth-order valence-corrected chi connectivity index (χ4v) is 10.5. The van der Waals surface area contributed by atoms with Crippen LogP contribution in [0.5, 0.6) is 0 Å². The van der Waals surface area contributed by atoms with Crippen LogP contribution in [-0.4, -0.2) is 16.2 Å². The highest BCUT2D eigenvalue weighted by Gasteiger charge is 2.24. The molecule has 0 aliphatic carbocycles. The van der Waals surface area contributed by atoms with Crippen molar-refractivity contribution in [2.45, 2.75) is 6.17 Å². The average molecular weight is 933 g/mol. The molecular formula is C69H48N4. The van der Waals surface area contributed by atoms with E-state index >= 15 is 0 Å². The number of nitrogens with zero attached hydrogens (tertiary/aromatic N) is 3. The molecular weight excluding hydrogens is 885 g/mol. The Balaban J connectivity index is 0.875. The van der Waals surface area contributed by atoms with Crippen molar-refractivity contribution in [1.82, 2.24) is 9.88 Å². The van der Waals surface area contributed by atoms with Gasteiger partial charge in [0, 0.05) is 33.2 Å². The lowest BCUT2D eigenvalue weighted by Gasteiger charge is -2.26. The first-order chi connectivity index (χ1) is 36.2. The maximum absolute atomic E-state index is 5.47. The van der Waals surface area contributed by atoms with Gasteiger partial charge in [0.2, 0.25) is 0 Å². The predicted molar refractivity (Wildman–Crippen MR) is 305 cm³/mol. The van der Waals surface area contributed by atoms with Crippen LogP contribution in [0.15, 0.2) is 289 Å². The molecule has 11 aromatic carbocycles. The molecule has 4 heteroatoms. The van der Waals surface area contributed by atoms with Crippen molar-refractivity contribution in [2.24, 2.45) is 9.98 Å². The maximum atomic E-state index is 5.47. The van der Waals surface area contributed by atoms with E-state index in [0.29, 0.717) is 5.84 Å². The van der Waals surface area contributed by atoms with Gasteiger partial charge in [0.1, 0.15) is 12.0 Å². The molecule has 1 atom stereocenters. The third kappa shape index (κ3) is 8.51. The summed E-state index contributed by atoms with van der Waals surface area (Å²) in [4.78, 5) is 10.8. The molecule has 4 nitrogen and oxygen atoms in total. The Labute approximate surface area is 425 Å². The van der Waals surface area contributed by atoms with E-state index < -0.39 is 6.17 Å². The van der Waals surface area contributed by atoms with Crippen molar-refractivity contribution in [3.63, 3.8) is 0 Å². The highest BCUT2D eigenvalue weighted by atomic mass is 15.2. The van der Waals surface area contributed by atoms with Crippen LogP contribution in [0.4, 0.5) is 0 Å². The summed E-state index contributed by atoms with van der Waals surface area (Å²) < 4.78 is 2.37. The van der Waals surface area contributed by atoms with E-state index in [1.54, 1.807) is 0 Å². The summed E-state index contributed by atoms with van der Waals surface area (Å²) in [6.07, 6.45) is -0.427. The van der Waals surface area contributed by atoms with Crippen molar-refractivity contribution >= 4 is 33.5 Å². The second kappa shape index (κ2) is 18.9. The van der Waals surface area contributed by atoms with Crippen molar-refractivity contribution in [1.29, 1.82) is 0 Å². The SMILES string of the molecule is c1ccc(-c2cccc(-c3cccc(-c4ccc(C5=NC(c6cccc(-c7cccc(-n8c9ccccc9c9ccccc98)c7)c6)=NC(c6ccccc6-c6cccc(-c7ccccc7)c6)N5)cc4)c3)c2)cc1. The molecule has 344 valence electrons. The lowest BCUT2D eigenvalue weighted by atomic mass is 9.94. The summed E-state index contributed by atoms with van der Waals surface area (Å²) in [6, 6.07) is 99.7. The minimum absolute atomic E-state index is 0.427. The Morgan fingerprint density at radius 1 is 0.301 bits per heavy atom. The van der Waals surface area contributed by atoms with E-state index in [4.69, 9.17) is 9.98 Å². The first-order valence-corrected chi connectivity index (χ1v) is 24.9. The molecule has 0 radical (unpaired) electrons. The van der Waals surface area contributed by atoms with Gasteiger partial charge in [-0.3, -0.25) is 0 Å². The van der Waals surface area contributed by atoms with Crippen molar-refractivity contribution < 1.29 is 0 Å². The minimum atomic E-state index is -0.427. The summed E-state index contributed by atoms with van der Waals surface area (Å²) in [6.45, 7) is 0. The number of aliphatic imine (C=N–C) groups is 2. The van der Waals surface area contributed by atoms with Gasteiger partial charge in [0.25, 0.3) is 0 Å². The molecule has 0 fully saturated rings. The van der Waals surface area contributed by atoms with E-state index in [1.165, 1.54) is 55.2 Å². The van der Waals surface area contributed by atoms with Crippen LogP contribution in [0, 0.1) is 0 Å². The van der Waals surface area contributed by atoms with Crippen LogP contribution in [0.2, 0.25) is 0 Å². The van der Waals surface area contributed by atoms with Gasteiger partial charge in [-0.2, -0.15) is 0 Å². The molecule has 1 aliphatic heterocycles. The number of para-hydroxylation sites is 2. The lowest BCUT2D eigenvalue weighted by molar-refractivity contribution is 0.676. The Kier molecular flexibility index (Phi) is 11.3. The van der Waals surface area contributed by atoms with Crippen LogP contribution >= 0.6 is 0 Å². The van der Waals surface area contributed by atoms with Crippen LogP contribution < -0.4 is 5.32 Å². The first-order valence-electron chi connectivity index (χ1n) is 24.9. The topological polar surface area (TPSA) is 41.7 Å². The first kappa shape index (κ1) is 43.4. The number of fused-ring (bicyclic) bond motifs is 3. The van der Waals surface area contributed by atoms with Gasteiger partial charge in [-0.25, -0.2) is 9.98 Å². The normalized spacial score (nSPS) is 13.3. The van der Waals surface area contributed by atoms with Crippen LogP contribution in [0.1, 0.15) is 22.9 Å². The van der Waals surface area contributed by atoms with Crippen LogP contribution in [-0.2, 0) is 0 Å². The molecule has 0 spiro atoms. The molecule has 12 aromatic rings. The number of aromatic nitrogens is 1. The van der Waals surface area contributed by atoms with Gasteiger partial charge < -0.3 is 9.88 Å². The zero-order valence-corrected chi connectivity index (χ0v) is 40.0. The van der Waals surface area contributed by atoms with Crippen LogP contribution in [0.3, 0.4) is 0 Å². The monoisotopic (exact) mass is 932 g/mol. The van der Waals surface area contributed by atoms with Gasteiger partial charge in [0.15, 0.2) is 5.84 Å². The number of benzene rings is 11. The Morgan fingerprint density at radius 2 is 0.699 bits per heavy atom. The van der Waals surface area contributed by atoms with E-state index in [0.717, 1.165) is 61.6 Å². The second-order valence-electron chi connectivity index (χ2n) is 18.6. The molecule has 0 amide bonds. The smallest absolute Gasteiger partial charge is 0.159 e. The van der Waals surface area contributed by atoms with Crippen molar-refractivity contribution in [2.75, 3.05) is 0 Å². The molecule has 13 rings (SSSR count). The second-order valence-corrected chi connectivity index (χ2v) is 18.6. The molecule has 2 heterocycles. The highest BCUT2D eigenvalue weighted by Crippen LogP contribution is 2.37. The van der Waals surface area contributed by atoms with E-state index in [-0.39, 0.29) is 0 Å². The van der Waals surface area contributed by atoms with Gasteiger partial charge in [-0.15, -0.1) is 0 Å². The predicted octanol–water partition coefficient (Wildman–Crippen LogP) is 17.3. The molecule has 1 N–H and O–H groups in total. The zero-order chi connectivity index (χ0) is 48.5. The number of nitrogens with one attached hydrogen (secondary N) is 1. The molecule has 1 aliphatic rings. The molecule has 0 bridgehead atoms. The third-order valence-corrected chi connectivity index (χ3v) is 14.1. The molecule has 1 aromatic heterocycles. The van der Waals surface area contributed by atoms with Crippen molar-refractivity contribution in [3.05, 3.63) is 296 Å². The quantitative estimate of drug-likeness (QED) is 0.146. The molecule has 0 saturated heterocycles. The molecule has 73 heavy (non-hydrogen) atoms. The molecule has 1 unspecified atom stereocenters. The summed E-state index contributed by atoms with van der Waals surface area (Å²) in [5, 5.41) is 6.30. The number of rotatable bonds is 10. The summed E-state index contributed by atoms with van der Waals surface area (Å²) >= 11 is 0. The van der Waals surface area contributed by atoms with Gasteiger partial charge in [0.05, 0.1) is 11.0 Å². The fraction of sp³-hybridized carbons (Fsp3) is 0.0145. The van der Waals surface area contributed by atoms with Crippen LogP contribution in [0.25, 0.3) is 94.3 Å². The minimum Gasteiger partial charge on any atom is -0.344 e. The standard InChI is InChI=1S/C69H48N4/c1-3-18-47(19-4-1)51-22-13-25-54(42-51)55-26-14-23-52(43-55)49-38-40-50(41-39-49)67-70-68(72-69(71-67)64-35-8-7-32-61(64)58-29-15-24-53(44-58)48-20-5-2-6-21-48)59-30-16-27-56(45-59)57-28-17-31-60(46-57)73-65-36-11-9-33-62(65)63-34-10-12-37-66(63)73/h1-46,69H,(H,70,71,72). The largest absolute Gasteiger partial charge is 0.344 e. The summed E-state index contributed by atoms with van der Waals surface area (Å²) in [5.41, 5.74) is 20.3. The van der Waals surface area contributed by atoms with E-state index in [1.807, 2.05) is 0 Å². The number of amidine groups is 2. The summed E-state index contributed by atoms with van der Waals surface area (Å²) in [7, 11) is 0. The summed E-state index contributed by atoms with van der Waals surface area (Å²) in [5.74, 6) is 1.43. The Morgan fingerprint density at radius 3 is 1.29 bits per heavy atom. The van der Waals surface area contributed by atoms with E-state index in [2.05, 4.69) is 289 Å². The van der Waals surface area contributed by atoms with E-state index in [9.17, 15) is 0 Å². The number of hydrogen-bond acceptors (Lipinski definition) is 3. The third-order valence-electron chi connectivity index (χ3n) is 14.1. The number of hydrogen-bond donors (Lipinski definition) is 1.